The van der Waals surface area contributed by atoms with E-state index in [9.17, 15) is 10.1 Å². The summed E-state index contributed by atoms with van der Waals surface area (Å²) in [5.74, 6) is 0. The highest BCUT2D eigenvalue weighted by atomic mass is 32.1. The van der Waals surface area contributed by atoms with Gasteiger partial charge in [0.05, 0.1) is 21.8 Å². The number of anilines is 1. The van der Waals surface area contributed by atoms with Crippen molar-refractivity contribution in [3.63, 3.8) is 0 Å². The Morgan fingerprint density at radius 3 is 2.74 bits per heavy atom. The first-order valence-corrected chi connectivity index (χ1v) is 8.27. The fourth-order valence-electron chi connectivity index (χ4n) is 2.49. The minimum Gasteiger partial charge on any atom is -0.367 e. The molecule has 1 N–H and O–H groups in total. The van der Waals surface area contributed by atoms with Gasteiger partial charge in [0.15, 0.2) is 3.95 Å². The van der Waals surface area contributed by atoms with Crippen LogP contribution in [0.15, 0.2) is 36.4 Å². The summed E-state index contributed by atoms with van der Waals surface area (Å²) in [4.78, 5) is 10.5. The molecule has 118 valence electrons. The predicted molar refractivity (Wildman–Crippen MR) is 96.8 cm³/mol. The average molecular weight is 345 g/mol. The molecular formula is C16H15N3O2S2. The quantitative estimate of drug-likeness (QED) is 0.409. The highest BCUT2D eigenvalue weighted by molar-refractivity contribution is 7.73. The van der Waals surface area contributed by atoms with Crippen LogP contribution in [0.1, 0.15) is 11.1 Å². The molecule has 0 aliphatic carbocycles. The molecule has 0 aliphatic heterocycles. The molecule has 0 saturated heterocycles. The summed E-state index contributed by atoms with van der Waals surface area (Å²) in [7, 11) is 0. The molecule has 0 unspecified atom stereocenters. The van der Waals surface area contributed by atoms with E-state index in [-0.39, 0.29) is 10.6 Å². The number of hydrogen-bond donors (Lipinski definition) is 1. The average Bonchev–Trinajstić information content (AvgIpc) is 2.81. The van der Waals surface area contributed by atoms with Gasteiger partial charge >= 0.3 is 0 Å². The second-order valence-corrected chi connectivity index (χ2v) is 7.03. The lowest BCUT2D eigenvalue weighted by atomic mass is 10.1. The Morgan fingerprint density at radius 1 is 1.26 bits per heavy atom. The van der Waals surface area contributed by atoms with E-state index >= 15 is 0 Å². The third-order valence-electron chi connectivity index (χ3n) is 3.67. The largest absolute Gasteiger partial charge is 0.367 e. The number of rotatable bonds is 4. The van der Waals surface area contributed by atoms with Crippen LogP contribution in [-0.4, -0.2) is 9.49 Å². The number of nitro groups is 1. The highest BCUT2D eigenvalue weighted by Crippen LogP contribution is 2.27. The van der Waals surface area contributed by atoms with Gasteiger partial charge in [0.25, 0.3) is 5.69 Å². The molecule has 0 bridgehead atoms. The molecule has 0 fully saturated rings. The summed E-state index contributed by atoms with van der Waals surface area (Å²) in [6, 6.07) is 11.1. The summed E-state index contributed by atoms with van der Waals surface area (Å²) in [6.07, 6.45) is 0. The zero-order chi connectivity index (χ0) is 16.6. The van der Waals surface area contributed by atoms with Crippen LogP contribution in [0.4, 0.5) is 11.4 Å². The van der Waals surface area contributed by atoms with Crippen molar-refractivity contribution in [1.82, 2.24) is 4.57 Å². The first kappa shape index (κ1) is 15.6. The van der Waals surface area contributed by atoms with Crippen LogP contribution in [0, 0.1) is 27.9 Å². The lowest BCUT2D eigenvalue weighted by Gasteiger charge is -2.11. The van der Waals surface area contributed by atoms with Gasteiger partial charge in [-0.25, -0.2) is 0 Å². The molecule has 0 aliphatic rings. The van der Waals surface area contributed by atoms with Gasteiger partial charge in [-0.05, 0) is 43.8 Å². The van der Waals surface area contributed by atoms with Crippen molar-refractivity contribution in [2.45, 2.75) is 20.5 Å². The first-order chi connectivity index (χ1) is 11.0. The Labute approximate surface area is 142 Å². The van der Waals surface area contributed by atoms with Crippen LogP contribution in [0.3, 0.4) is 0 Å². The summed E-state index contributed by atoms with van der Waals surface area (Å²) >= 11 is 6.79. The zero-order valence-electron chi connectivity index (χ0n) is 12.7. The van der Waals surface area contributed by atoms with Crippen molar-refractivity contribution in [3.05, 3.63) is 61.6 Å². The predicted octanol–water partition coefficient (Wildman–Crippen LogP) is 5.03. The summed E-state index contributed by atoms with van der Waals surface area (Å²) in [6.45, 7) is 4.65. The van der Waals surface area contributed by atoms with Crippen molar-refractivity contribution in [1.29, 1.82) is 0 Å². The van der Waals surface area contributed by atoms with E-state index in [1.807, 2.05) is 10.6 Å². The maximum Gasteiger partial charge on any atom is 0.270 e. The Balaban J connectivity index is 1.92. The van der Waals surface area contributed by atoms with Crippen molar-refractivity contribution < 1.29 is 4.92 Å². The maximum absolute atomic E-state index is 10.9. The van der Waals surface area contributed by atoms with Gasteiger partial charge in [0.1, 0.15) is 0 Å². The van der Waals surface area contributed by atoms with Crippen LogP contribution in [0.2, 0.25) is 0 Å². The van der Waals surface area contributed by atoms with E-state index in [0.717, 1.165) is 15.9 Å². The molecular weight excluding hydrogens is 330 g/mol. The van der Waals surface area contributed by atoms with Crippen molar-refractivity contribution in [2.24, 2.45) is 0 Å². The SMILES string of the molecule is Cc1ccc(NCn2c(=S)sc3cc([N+](=O)[O-])ccc32)c(C)c1. The molecule has 0 saturated carbocycles. The lowest BCUT2D eigenvalue weighted by molar-refractivity contribution is -0.384. The fraction of sp³-hybridized carbons (Fsp3) is 0.188. The van der Waals surface area contributed by atoms with Crippen LogP contribution in [0.25, 0.3) is 10.2 Å². The normalized spacial score (nSPS) is 10.9. The van der Waals surface area contributed by atoms with Gasteiger partial charge in [-0.3, -0.25) is 10.1 Å². The molecule has 1 aromatic heterocycles. The van der Waals surface area contributed by atoms with Gasteiger partial charge in [0, 0.05) is 17.8 Å². The zero-order valence-corrected chi connectivity index (χ0v) is 14.3. The molecule has 3 aromatic rings. The molecule has 7 heteroatoms. The lowest BCUT2D eigenvalue weighted by Crippen LogP contribution is -2.08. The van der Waals surface area contributed by atoms with E-state index in [0.29, 0.717) is 10.6 Å². The number of nitrogens with zero attached hydrogens (tertiary/aromatic N) is 2. The van der Waals surface area contributed by atoms with Gasteiger partial charge in [-0.2, -0.15) is 0 Å². The molecule has 23 heavy (non-hydrogen) atoms. The molecule has 0 amide bonds. The number of aromatic nitrogens is 1. The van der Waals surface area contributed by atoms with E-state index < -0.39 is 0 Å². The first-order valence-electron chi connectivity index (χ1n) is 7.04. The number of nitro benzene ring substituents is 1. The second-order valence-electron chi connectivity index (χ2n) is 5.36. The number of hydrogen-bond acceptors (Lipinski definition) is 5. The third kappa shape index (κ3) is 3.11. The Morgan fingerprint density at radius 2 is 2.04 bits per heavy atom. The van der Waals surface area contributed by atoms with Crippen LogP contribution < -0.4 is 5.32 Å². The number of non-ortho nitro benzene ring substituents is 1. The van der Waals surface area contributed by atoms with Gasteiger partial charge in [-0.1, -0.05) is 17.7 Å². The minimum atomic E-state index is -0.388. The van der Waals surface area contributed by atoms with E-state index in [2.05, 4.69) is 31.3 Å². The number of thiazole rings is 1. The molecule has 1 heterocycles. The number of aryl methyl sites for hydroxylation is 2. The Bertz CT molecular complexity index is 960. The summed E-state index contributed by atoms with van der Waals surface area (Å²) in [5, 5.41) is 14.3. The molecule has 0 atom stereocenters. The van der Waals surface area contributed by atoms with E-state index in [4.69, 9.17) is 12.2 Å². The molecule has 3 rings (SSSR count). The Kier molecular flexibility index (Phi) is 4.14. The summed E-state index contributed by atoms with van der Waals surface area (Å²) in [5.41, 5.74) is 4.44. The molecule has 0 spiro atoms. The highest BCUT2D eigenvalue weighted by Gasteiger charge is 2.11. The van der Waals surface area contributed by atoms with Gasteiger partial charge in [0.2, 0.25) is 0 Å². The van der Waals surface area contributed by atoms with Crippen molar-refractivity contribution >= 4 is 45.1 Å². The van der Waals surface area contributed by atoms with Crippen LogP contribution in [-0.2, 0) is 6.67 Å². The number of fused-ring (bicyclic) bond motifs is 1. The molecule has 0 radical (unpaired) electrons. The summed E-state index contributed by atoms with van der Waals surface area (Å²) < 4.78 is 3.47. The third-order valence-corrected chi connectivity index (χ3v) is 5.08. The van der Waals surface area contributed by atoms with Gasteiger partial charge in [-0.15, -0.1) is 11.3 Å². The van der Waals surface area contributed by atoms with Gasteiger partial charge < -0.3 is 9.88 Å². The van der Waals surface area contributed by atoms with Crippen LogP contribution >= 0.6 is 23.6 Å². The van der Waals surface area contributed by atoms with E-state index in [1.54, 1.807) is 12.1 Å². The topological polar surface area (TPSA) is 60.1 Å². The standard InChI is InChI=1S/C16H15N3O2S2/c1-10-3-5-13(11(2)7-10)17-9-18-14-6-4-12(19(20)21)8-15(14)23-16(18)22/h3-8,17H,9H2,1-2H3. The fourth-order valence-corrected chi connectivity index (χ4v) is 3.85. The number of nitrogens with one attached hydrogen (secondary N) is 1. The second kappa shape index (κ2) is 6.10. The molecule has 2 aromatic carbocycles. The number of benzene rings is 2. The minimum absolute atomic E-state index is 0.0863. The van der Waals surface area contributed by atoms with Crippen molar-refractivity contribution in [2.75, 3.05) is 5.32 Å². The van der Waals surface area contributed by atoms with E-state index in [1.165, 1.54) is 28.5 Å². The maximum atomic E-state index is 10.9. The van der Waals surface area contributed by atoms with Crippen molar-refractivity contribution in [3.8, 4) is 0 Å². The smallest absolute Gasteiger partial charge is 0.270 e. The molecule has 5 nitrogen and oxygen atoms in total. The Hall–Kier alpha value is -2.25. The van der Waals surface area contributed by atoms with Crippen LogP contribution in [0.5, 0.6) is 0 Å². The monoisotopic (exact) mass is 345 g/mol.